The number of anilines is 1. The molecular formula is C20H23FN2O3S. The first kappa shape index (κ1) is 19.4. The van der Waals surface area contributed by atoms with E-state index >= 15 is 0 Å². The number of sulfonamides is 1. The minimum absolute atomic E-state index is 0.00822. The monoisotopic (exact) mass is 390 g/mol. The molecule has 5 nitrogen and oxygen atoms in total. The molecule has 1 aliphatic rings. The van der Waals surface area contributed by atoms with Gasteiger partial charge in [0, 0.05) is 24.3 Å². The van der Waals surface area contributed by atoms with Crippen LogP contribution in [0.15, 0.2) is 47.4 Å². The Morgan fingerprint density at radius 1 is 1.00 bits per heavy atom. The van der Waals surface area contributed by atoms with Gasteiger partial charge in [-0.3, -0.25) is 9.52 Å². The number of hydrogen-bond acceptors (Lipinski definition) is 3. The minimum Gasteiger partial charge on any atom is -0.339 e. The number of benzene rings is 2. The van der Waals surface area contributed by atoms with Gasteiger partial charge in [0.25, 0.3) is 15.9 Å². The summed E-state index contributed by atoms with van der Waals surface area (Å²) in [5.74, 6) is -0.481. The minimum atomic E-state index is -3.82. The van der Waals surface area contributed by atoms with Crippen LogP contribution in [0.1, 0.15) is 41.6 Å². The van der Waals surface area contributed by atoms with Crippen molar-refractivity contribution in [1.29, 1.82) is 0 Å². The van der Waals surface area contributed by atoms with Gasteiger partial charge >= 0.3 is 0 Å². The summed E-state index contributed by atoms with van der Waals surface area (Å²) in [6, 6.07) is 10.0. The summed E-state index contributed by atoms with van der Waals surface area (Å²) >= 11 is 0. The molecule has 0 bridgehead atoms. The highest BCUT2D eigenvalue weighted by atomic mass is 32.2. The molecule has 0 unspecified atom stereocenters. The molecule has 0 saturated carbocycles. The molecule has 0 aliphatic carbocycles. The molecule has 1 N–H and O–H groups in total. The van der Waals surface area contributed by atoms with Crippen molar-refractivity contribution in [2.24, 2.45) is 0 Å². The fraction of sp³-hybridized carbons (Fsp3) is 0.350. The largest absolute Gasteiger partial charge is 0.339 e. The Balaban J connectivity index is 1.73. The van der Waals surface area contributed by atoms with Crippen LogP contribution in [-0.4, -0.2) is 32.3 Å². The molecule has 2 aromatic rings. The molecule has 1 heterocycles. The Labute approximate surface area is 159 Å². The number of likely N-dealkylation sites (tertiary alicyclic amines) is 1. The first-order chi connectivity index (χ1) is 12.9. The van der Waals surface area contributed by atoms with E-state index in [-0.39, 0.29) is 16.4 Å². The third kappa shape index (κ3) is 4.66. The van der Waals surface area contributed by atoms with E-state index in [4.69, 9.17) is 0 Å². The van der Waals surface area contributed by atoms with Crippen LogP contribution in [0.4, 0.5) is 10.1 Å². The maximum absolute atomic E-state index is 13.4. The van der Waals surface area contributed by atoms with E-state index in [2.05, 4.69) is 4.72 Å². The lowest BCUT2D eigenvalue weighted by atomic mass is 10.2. The Bertz CT molecular complexity index is 919. The smallest absolute Gasteiger partial charge is 0.261 e. The molecular weight excluding hydrogens is 367 g/mol. The van der Waals surface area contributed by atoms with Crippen molar-refractivity contribution in [3.05, 3.63) is 59.4 Å². The van der Waals surface area contributed by atoms with Gasteiger partial charge in [0.15, 0.2) is 0 Å². The van der Waals surface area contributed by atoms with E-state index in [0.29, 0.717) is 11.3 Å². The summed E-state index contributed by atoms with van der Waals surface area (Å²) < 4.78 is 40.7. The third-order valence-corrected chi connectivity index (χ3v) is 6.10. The van der Waals surface area contributed by atoms with Gasteiger partial charge in [0.1, 0.15) is 5.82 Å². The number of hydrogen-bond donors (Lipinski definition) is 1. The molecule has 1 fully saturated rings. The van der Waals surface area contributed by atoms with Crippen molar-refractivity contribution in [2.75, 3.05) is 17.8 Å². The van der Waals surface area contributed by atoms with Crippen LogP contribution in [0.3, 0.4) is 0 Å². The lowest BCUT2D eigenvalue weighted by Gasteiger charge is -2.20. The topological polar surface area (TPSA) is 66.5 Å². The molecule has 0 spiro atoms. The van der Waals surface area contributed by atoms with E-state index < -0.39 is 15.8 Å². The summed E-state index contributed by atoms with van der Waals surface area (Å²) in [6.07, 6.45) is 4.32. The summed E-state index contributed by atoms with van der Waals surface area (Å²) in [5.41, 5.74) is 1.15. The summed E-state index contributed by atoms with van der Waals surface area (Å²) in [7, 11) is -3.82. The molecule has 0 atom stereocenters. The number of halogens is 1. The number of aryl methyl sites for hydroxylation is 1. The first-order valence-corrected chi connectivity index (χ1v) is 10.5. The Morgan fingerprint density at radius 3 is 2.22 bits per heavy atom. The maximum Gasteiger partial charge on any atom is 0.261 e. The second kappa shape index (κ2) is 8.08. The van der Waals surface area contributed by atoms with E-state index in [1.807, 2.05) is 4.90 Å². The highest BCUT2D eigenvalue weighted by Gasteiger charge is 2.18. The maximum atomic E-state index is 13.4. The summed E-state index contributed by atoms with van der Waals surface area (Å²) in [4.78, 5) is 14.4. The highest BCUT2D eigenvalue weighted by molar-refractivity contribution is 7.92. The third-order valence-electron chi connectivity index (χ3n) is 4.72. The second-order valence-electron chi connectivity index (χ2n) is 6.80. The quantitative estimate of drug-likeness (QED) is 0.860. The normalized spacial score (nSPS) is 15.3. The van der Waals surface area contributed by atoms with Crippen LogP contribution < -0.4 is 4.72 Å². The number of nitrogens with one attached hydrogen (secondary N) is 1. The van der Waals surface area contributed by atoms with Gasteiger partial charge in [0.2, 0.25) is 0 Å². The van der Waals surface area contributed by atoms with Crippen molar-refractivity contribution < 1.29 is 17.6 Å². The molecule has 144 valence electrons. The van der Waals surface area contributed by atoms with Crippen LogP contribution in [0, 0.1) is 12.7 Å². The molecule has 2 aromatic carbocycles. The number of amides is 1. The predicted octanol–water partition coefficient (Wildman–Crippen LogP) is 3.95. The van der Waals surface area contributed by atoms with E-state index in [1.54, 1.807) is 24.3 Å². The average molecular weight is 390 g/mol. The van der Waals surface area contributed by atoms with Crippen molar-refractivity contribution >= 4 is 21.6 Å². The van der Waals surface area contributed by atoms with E-state index in [1.165, 1.54) is 19.1 Å². The fourth-order valence-corrected chi connectivity index (χ4v) is 4.28. The van der Waals surface area contributed by atoms with Crippen LogP contribution in [-0.2, 0) is 10.0 Å². The highest BCUT2D eigenvalue weighted by Crippen LogP contribution is 2.20. The Hall–Kier alpha value is -2.41. The van der Waals surface area contributed by atoms with Crippen LogP contribution in [0.2, 0.25) is 0 Å². The van der Waals surface area contributed by atoms with Gasteiger partial charge in [-0.1, -0.05) is 12.8 Å². The first-order valence-electron chi connectivity index (χ1n) is 9.05. The molecule has 0 radical (unpaired) electrons. The standard InChI is InChI=1S/C20H23FN2O3S/c1-15-14-18(10-11-19(15)21)27(25,26)22-17-8-6-16(7-9-17)20(24)23-12-4-2-3-5-13-23/h6-11,14,22H,2-5,12-13H2,1H3. The zero-order valence-electron chi connectivity index (χ0n) is 15.2. The van der Waals surface area contributed by atoms with Crippen LogP contribution >= 0.6 is 0 Å². The Kier molecular flexibility index (Phi) is 5.79. The number of nitrogens with zero attached hydrogens (tertiary/aromatic N) is 1. The molecule has 1 amide bonds. The zero-order chi connectivity index (χ0) is 19.4. The summed E-state index contributed by atoms with van der Waals surface area (Å²) in [5, 5.41) is 0. The molecule has 0 aromatic heterocycles. The van der Waals surface area contributed by atoms with E-state index in [0.717, 1.165) is 44.8 Å². The molecule has 27 heavy (non-hydrogen) atoms. The van der Waals surface area contributed by atoms with Crippen molar-refractivity contribution in [3.63, 3.8) is 0 Å². The second-order valence-corrected chi connectivity index (χ2v) is 8.48. The number of carbonyl (C=O) groups is 1. The zero-order valence-corrected chi connectivity index (χ0v) is 16.1. The van der Waals surface area contributed by atoms with E-state index in [9.17, 15) is 17.6 Å². The molecule has 1 saturated heterocycles. The van der Waals surface area contributed by atoms with Crippen LogP contribution in [0.5, 0.6) is 0 Å². The van der Waals surface area contributed by atoms with Gasteiger partial charge < -0.3 is 4.90 Å². The predicted molar refractivity (Wildman–Crippen MR) is 103 cm³/mol. The van der Waals surface area contributed by atoms with Gasteiger partial charge in [0.05, 0.1) is 4.90 Å². The van der Waals surface area contributed by atoms with Gasteiger partial charge in [-0.05, 0) is 67.8 Å². The van der Waals surface area contributed by atoms with Gasteiger partial charge in [-0.25, -0.2) is 12.8 Å². The van der Waals surface area contributed by atoms with Crippen molar-refractivity contribution in [1.82, 2.24) is 4.90 Å². The molecule has 7 heteroatoms. The SMILES string of the molecule is Cc1cc(S(=O)(=O)Nc2ccc(C(=O)N3CCCCCC3)cc2)ccc1F. The van der Waals surface area contributed by atoms with Gasteiger partial charge in [-0.15, -0.1) is 0 Å². The fourth-order valence-electron chi connectivity index (χ4n) is 3.14. The lowest BCUT2D eigenvalue weighted by molar-refractivity contribution is 0.0761. The lowest BCUT2D eigenvalue weighted by Crippen LogP contribution is -2.31. The number of rotatable bonds is 4. The molecule has 1 aliphatic heterocycles. The summed E-state index contributed by atoms with van der Waals surface area (Å²) in [6.45, 7) is 3.03. The average Bonchev–Trinajstić information content (AvgIpc) is 2.93. The van der Waals surface area contributed by atoms with Gasteiger partial charge in [-0.2, -0.15) is 0 Å². The molecule has 3 rings (SSSR count). The van der Waals surface area contributed by atoms with Crippen molar-refractivity contribution in [2.45, 2.75) is 37.5 Å². The van der Waals surface area contributed by atoms with Crippen molar-refractivity contribution in [3.8, 4) is 0 Å². The Morgan fingerprint density at radius 2 is 1.63 bits per heavy atom. The number of carbonyl (C=O) groups excluding carboxylic acids is 1. The van der Waals surface area contributed by atoms with Crippen LogP contribution in [0.25, 0.3) is 0 Å².